The van der Waals surface area contributed by atoms with Crippen LogP contribution in [0.25, 0.3) is 0 Å². The number of hydrogen-bond acceptors (Lipinski definition) is 3. The van der Waals surface area contributed by atoms with Crippen molar-refractivity contribution in [2.75, 3.05) is 19.6 Å². The van der Waals surface area contributed by atoms with Crippen LogP contribution in [0, 0.1) is 19.8 Å². The van der Waals surface area contributed by atoms with Gasteiger partial charge in [0.2, 0.25) is 0 Å². The lowest BCUT2D eigenvalue weighted by atomic mass is 9.95. The van der Waals surface area contributed by atoms with Gasteiger partial charge in [-0.3, -0.25) is 9.59 Å². The van der Waals surface area contributed by atoms with Gasteiger partial charge in [0.05, 0.1) is 5.56 Å². The molecule has 1 aliphatic heterocycles. The van der Waals surface area contributed by atoms with Crippen molar-refractivity contribution < 1.29 is 9.59 Å². The minimum absolute atomic E-state index is 0.0799. The van der Waals surface area contributed by atoms with E-state index < -0.39 is 0 Å². The van der Waals surface area contributed by atoms with E-state index in [2.05, 4.69) is 0 Å². The molecule has 1 saturated heterocycles. The maximum Gasteiger partial charge on any atom is 0.254 e. The van der Waals surface area contributed by atoms with Crippen LogP contribution < -0.4 is 5.73 Å². The Labute approximate surface area is 148 Å². The van der Waals surface area contributed by atoms with Gasteiger partial charge in [-0.2, -0.15) is 0 Å². The lowest BCUT2D eigenvalue weighted by Gasteiger charge is -2.18. The van der Waals surface area contributed by atoms with E-state index in [-0.39, 0.29) is 11.7 Å². The van der Waals surface area contributed by atoms with Gasteiger partial charge in [0, 0.05) is 24.2 Å². The third-order valence-electron chi connectivity index (χ3n) is 5.08. The summed E-state index contributed by atoms with van der Waals surface area (Å²) in [5.74, 6) is 0.164. The molecule has 0 saturated carbocycles. The second-order valence-corrected chi connectivity index (χ2v) is 6.82. The van der Waals surface area contributed by atoms with Crippen molar-refractivity contribution in [1.82, 2.24) is 4.90 Å². The van der Waals surface area contributed by atoms with Crippen LogP contribution in [0.2, 0.25) is 0 Å². The van der Waals surface area contributed by atoms with Gasteiger partial charge >= 0.3 is 0 Å². The average molecular weight is 336 g/mol. The van der Waals surface area contributed by atoms with Crippen LogP contribution in [-0.2, 0) is 0 Å². The van der Waals surface area contributed by atoms with Gasteiger partial charge in [0.15, 0.2) is 5.78 Å². The molecule has 0 radical (unpaired) electrons. The second kappa shape index (κ2) is 7.19. The molecule has 1 fully saturated rings. The predicted octanol–water partition coefficient (Wildman–Crippen LogP) is 2.96. The molecule has 0 aliphatic carbocycles. The molecule has 1 amide bonds. The number of rotatable bonds is 4. The minimum Gasteiger partial charge on any atom is -0.338 e. The summed E-state index contributed by atoms with van der Waals surface area (Å²) in [7, 11) is 0. The minimum atomic E-state index is -0.110. The molecule has 0 aromatic heterocycles. The number of amides is 1. The number of hydrogen-bond donors (Lipinski definition) is 1. The zero-order valence-electron chi connectivity index (χ0n) is 14.8. The summed E-state index contributed by atoms with van der Waals surface area (Å²) in [4.78, 5) is 27.7. The van der Waals surface area contributed by atoms with E-state index in [1.807, 2.05) is 36.9 Å². The molecule has 130 valence electrons. The Balaban J connectivity index is 1.91. The highest BCUT2D eigenvalue weighted by Crippen LogP contribution is 2.22. The summed E-state index contributed by atoms with van der Waals surface area (Å²) < 4.78 is 0. The summed E-state index contributed by atoms with van der Waals surface area (Å²) in [5, 5.41) is 0. The van der Waals surface area contributed by atoms with E-state index in [9.17, 15) is 9.59 Å². The third-order valence-corrected chi connectivity index (χ3v) is 5.08. The van der Waals surface area contributed by atoms with Crippen LogP contribution in [0.4, 0.5) is 0 Å². The van der Waals surface area contributed by atoms with Crippen LogP contribution in [0.1, 0.15) is 43.8 Å². The second-order valence-electron chi connectivity index (χ2n) is 6.82. The van der Waals surface area contributed by atoms with Crippen molar-refractivity contribution >= 4 is 11.7 Å². The molecule has 2 aromatic carbocycles. The lowest BCUT2D eigenvalue weighted by molar-refractivity contribution is 0.0783. The normalized spacial score (nSPS) is 16.9. The number of carbonyl (C=O) groups is 2. The van der Waals surface area contributed by atoms with Gasteiger partial charge < -0.3 is 10.6 Å². The zero-order valence-corrected chi connectivity index (χ0v) is 14.8. The molecule has 3 rings (SSSR count). The summed E-state index contributed by atoms with van der Waals surface area (Å²) in [6.07, 6.45) is 0.926. The van der Waals surface area contributed by atoms with Crippen molar-refractivity contribution in [3.8, 4) is 0 Å². The molecule has 4 nitrogen and oxygen atoms in total. The quantitative estimate of drug-likeness (QED) is 0.873. The fourth-order valence-electron chi connectivity index (χ4n) is 3.29. The van der Waals surface area contributed by atoms with E-state index in [1.54, 1.807) is 24.3 Å². The molecule has 0 bridgehead atoms. The van der Waals surface area contributed by atoms with Crippen LogP contribution in [-0.4, -0.2) is 36.2 Å². The molecule has 1 heterocycles. The molecule has 1 unspecified atom stereocenters. The highest BCUT2D eigenvalue weighted by molar-refractivity contribution is 6.15. The molecule has 1 atom stereocenters. The number of benzene rings is 2. The molecule has 0 spiro atoms. The Kier molecular flexibility index (Phi) is 5.00. The Morgan fingerprint density at radius 3 is 2.44 bits per heavy atom. The van der Waals surface area contributed by atoms with Crippen LogP contribution >= 0.6 is 0 Å². The fraction of sp³-hybridized carbons (Fsp3) is 0.333. The molecular formula is C21H24N2O2. The predicted molar refractivity (Wildman–Crippen MR) is 98.9 cm³/mol. The monoisotopic (exact) mass is 336 g/mol. The summed E-state index contributed by atoms with van der Waals surface area (Å²) in [6.45, 7) is 5.96. The number of nitrogens with two attached hydrogens (primary N) is 1. The maximum atomic E-state index is 13.0. The Morgan fingerprint density at radius 2 is 1.80 bits per heavy atom. The first-order valence-electron chi connectivity index (χ1n) is 8.71. The van der Waals surface area contributed by atoms with Gasteiger partial charge in [-0.05, 0) is 56.0 Å². The first-order chi connectivity index (χ1) is 12.0. The fourth-order valence-corrected chi connectivity index (χ4v) is 3.29. The first kappa shape index (κ1) is 17.4. The van der Waals surface area contributed by atoms with Gasteiger partial charge in [-0.15, -0.1) is 0 Å². The Bertz CT molecular complexity index is 813. The number of nitrogens with zero attached hydrogens (tertiary/aromatic N) is 1. The number of carbonyl (C=O) groups excluding carboxylic acids is 2. The van der Waals surface area contributed by atoms with E-state index >= 15 is 0 Å². The van der Waals surface area contributed by atoms with E-state index in [0.29, 0.717) is 42.2 Å². The third kappa shape index (κ3) is 3.49. The van der Waals surface area contributed by atoms with Gasteiger partial charge in [-0.1, -0.05) is 30.3 Å². The standard InChI is InChI=1S/C21H24N2O2/c1-14-7-8-17(11-15(14)2)20(24)18-5-3-4-6-19(18)21(25)23-10-9-16(12-22)13-23/h3-8,11,16H,9-10,12-13,22H2,1-2H3. The van der Waals surface area contributed by atoms with Crippen LogP contribution in [0.15, 0.2) is 42.5 Å². The van der Waals surface area contributed by atoms with Gasteiger partial charge in [0.25, 0.3) is 5.91 Å². The summed E-state index contributed by atoms with van der Waals surface area (Å²) >= 11 is 0. The number of aryl methyl sites for hydroxylation is 2. The highest BCUT2D eigenvalue weighted by Gasteiger charge is 2.28. The Hall–Kier alpha value is -2.46. The number of ketones is 1. The molecule has 4 heteroatoms. The van der Waals surface area contributed by atoms with Crippen molar-refractivity contribution in [2.24, 2.45) is 11.7 Å². The van der Waals surface area contributed by atoms with E-state index in [1.165, 1.54) is 0 Å². The van der Waals surface area contributed by atoms with Crippen LogP contribution in [0.5, 0.6) is 0 Å². The van der Waals surface area contributed by atoms with Gasteiger partial charge in [-0.25, -0.2) is 0 Å². The van der Waals surface area contributed by atoms with Crippen LogP contribution in [0.3, 0.4) is 0 Å². The Morgan fingerprint density at radius 1 is 1.08 bits per heavy atom. The maximum absolute atomic E-state index is 13.0. The molecule has 1 aliphatic rings. The average Bonchev–Trinajstić information content (AvgIpc) is 3.12. The molecule has 2 aromatic rings. The smallest absolute Gasteiger partial charge is 0.254 e. The largest absolute Gasteiger partial charge is 0.338 e. The SMILES string of the molecule is Cc1ccc(C(=O)c2ccccc2C(=O)N2CCC(CN)C2)cc1C. The van der Waals surface area contributed by atoms with Crippen molar-refractivity contribution in [2.45, 2.75) is 20.3 Å². The van der Waals surface area contributed by atoms with Crippen molar-refractivity contribution in [3.63, 3.8) is 0 Å². The summed E-state index contributed by atoms with van der Waals surface area (Å²) in [6, 6.07) is 12.7. The topological polar surface area (TPSA) is 63.4 Å². The van der Waals surface area contributed by atoms with Crippen molar-refractivity contribution in [1.29, 1.82) is 0 Å². The van der Waals surface area contributed by atoms with E-state index in [0.717, 1.165) is 17.5 Å². The van der Waals surface area contributed by atoms with E-state index in [4.69, 9.17) is 5.73 Å². The van der Waals surface area contributed by atoms with Crippen molar-refractivity contribution in [3.05, 3.63) is 70.3 Å². The molecule has 2 N–H and O–H groups in total. The first-order valence-corrected chi connectivity index (χ1v) is 8.71. The molecular weight excluding hydrogens is 312 g/mol. The molecule has 25 heavy (non-hydrogen) atoms. The highest BCUT2D eigenvalue weighted by atomic mass is 16.2. The summed E-state index contributed by atoms with van der Waals surface area (Å²) in [5.41, 5.74) is 9.49. The van der Waals surface area contributed by atoms with Gasteiger partial charge in [0.1, 0.15) is 0 Å². The zero-order chi connectivity index (χ0) is 18.0. The lowest BCUT2D eigenvalue weighted by Crippen LogP contribution is -2.31. The number of likely N-dealkylation sites (tertiary alicyclic amines) is 1.